The van der Waals surface area contributed by atoms with Gasteiger partial charge in [-0.15, -0.1) is 0 Å². The Labute approximate surface area is 213 Å². The maximum absolute atomic E-state index is 13.8. The van der Waals surface area contributed by atoms with Crippen LogP contribution in [0.2, 0.25) is 0 Å². The van der Waals surface area contributed by atoms with Crippen LogP contribution in [0.4, 0.5) is 5.69 Å². The number of nitrogens with zero attached hydrogens (tertiary/aromatic N) is 2. The molecule has 3 aromatic carbocycles. The number of nitrogens with one attached hydrogen (secondary N) is 1. The first-order valence-corrected chi connectivity index (χ1v) is 13.3. The minimum absolute atomic E-state index is 0.0848. The minimum Gasteiger partial charge on any atom is -0.355 e. The third-order valence-electron chi connectivity index (χ3n) is 6.02. The monoisotopic (exact) mass is 507 g/mol. The van der Waals surface area contributed by atoms with E-state index >= 15 is 0 Å². The lowest BCUT2D eigenvalue weighted by atomic mass is 10.1. The van der Waals surface area contributed by atoms with Gasteiger partial charge in [-0.2, -0.15) is 0 Å². The van der Waals surface area contributed by atoms with Gasteiger partial charge in [0.25, 0.3) is 10.0 Å². The van der Waals surface area contributed by atoms with Crippen LogP contribution >= 0.6 is 0 Å². The summed E-state index contributed by atoms with van der Waals surface area (Å²) in [7, 11) is -4.05. The number of hydrogen-bond acceptors (Lipinski definition) is 4. The van der Waals surface area contributed by atoms with Gasteiger partial charge in [0.2, 0.25) is 11.8 Å². The molecule has 36 heavy (non-hydrogen) atoms. The fourth-order valence-corrected chi connectivity index (χ4v) is 5.33. The van der Waals surface area contributed by atoms with Crippen LogP contribution in [0.15, 0.2) is 83.8 Å². The number of carbonyl (C=O) groups excluding carboxylic acids is 2. The number of sulfonamides is 1. The van der Waals surface area contributed by atoms with E-state index in [1.807, 2.05) is 51.1 Å². The normalized spacial score (nSPS) is 12.0. The molecule has 8 heteroatoms. The first-order chi connectivity index (χ1) is 17.1. The third-order valence-corrected chi connectivity index (χ3v) is 7.81. The van der Waals surface area contributed by atoms with E-state index in [2.05, 4.69) is 5.32 Å². The third kappa shape index (κ3) is 6.31. The summed E-state index contributed by atoms with van der Waals surface area (Å²) in [6.45, 7) is 7.42. The van der Waals surface area contributed by atoms with E-state index in [4.69, 9.17) is 0 Å². The molecule has 1 N–H and O–H groups in total. The van der Waals surface area contributed by atoms with Crippen molar-refractivity contribution in [2.24, 2.45) is 0 Å². The van der Waals surface area contributed by atoms with Crippen molar-refractivity contribution in [3.63, 3.8) is 0 Å². The average molecular weight is 508 g/mol. The molecule has 0 aliphatic rings. The Morgan fingerprint density at radius 3 is 2.22 bits per heavy atom. The highest BCUT2D eigenvalue weighted by molar-refractivity contribution is 7.92. The average Bonchev–Trinajstić information content (AvgIpc) is 2.86. The van der Waals surface area contributed by atoms with Gasteiger partial charge in [-0.25, -0.2) is 8.42 Å². The molecule has 2 amide bonds. The van der Waals surface area contributed by atoms with Gasteiger partial charge in [0.1, 0.15) is 12.6 Å². The number of anilines is 1. The van der Waals surface area contributed by atoms with Crippen molar-refractivity contribution in [1.82, 2.24) is 10.2 Å². The molecule has 0 aliphatic heterocycles. The molecule has 0 aliphatic carbocycles. The molecule has 0 aromatic heterocycles. The molecule has 1 atom stereocenters. The lowest BCUT2D eigenvalue weighted by molar-refractivity contribution is -0.139. The summed E-state index contributed by atoms with van der Waals surface area (Å²) in [5.74, 6) is -0.773. The Morgan fingerprint density at radius 1 is 0.917 bits per heavy atom. The number of benzene rings is 3. The predicted octanol–water partition coefficient (Wildman–Crippen LogP) is 4.05. The number of amides is 2. The Kier molecular flexibility index (Phi) is 8.88. The van der Waals surface area contributed by atoms with Crippen LogP contribution in [0, 0.1) is 13.8 Å². The van der Waals surface area contributed by atoms with Crippen LogP contribution in [0.1, 0.15) is 30.5 Å². The zero-order valence-corrected chi connectivity index (χ0v) is 22.0. The van der Waals surface area contributed by atoms with E-state index in [0.29, 0.717) is 12.2 Å². The number of hydrogen-bond donors (Lipinski definition) is 1. The van der Waals surface area contributed by atoms with Gasteiger partial charge < -0.3 is 10.2 Å². The maximum Gasteiger partial charge on any atom is 0.264 e. The molecular formula is C28H33N3O4S. The minimum atomic E-state index is -4.05. The lowest BCUT2D eigenvalue weighted by Crippen LogP contribution is -2.51. The first-order valence-electron chi connectivity index (χ1n) is 11.9. The summed E-state index contributed by atoms with van der Waals surface area (Å²) >= 11 is 0. The number of rotatable bonds is 10. The lowest BCUT2D eigenvalue weighted by Gasteiger charge is -2.32. The highest BCUT2D eigenvalue weighted by Gasteiger charge is 2.32. The number of likely N-dealkylation sites (N-methyl/N-ethyl adjacent to an activating group) is 1. The molecule has 190 valence electrons. The van der Waals surface area contributed by atoms with Crippen LogP contribution in [0.3, 0.4) is 0 Å². The second-order valence-electron chi connectivity index (χ2n) is 8.68. The molecule has 0 saturated carbocycles. The standard InChI is InChI=1S/C28H33N3O4S/c1-5-29-28(33)23(4)30(19-24-14-10-9-13-22(24)3)27(32)20-31(25-15-11-12-21(2)18-25)36(34,35)26-16-7-6-8-17-26/h6-18,23H,5,19-20H2,1-4H3,(H,29,33)/t23-/m0/s1. The summed E-state index contributed by atoms with van der Waals surface area (Å²) in [6.07, 6.45) is 0. The molecule has 0 bridgehead atoms. The smallest absolute Gasteiger partial charge is 0.264 e. The van der Waals surface area contributed by atoms with Gasteiger partial charge in [0.05, 0.1) is 10.6 Å². The summed E-state index contributed by atoms with van der Waals surface area (Å²) in [4.78, 5) is 28.1. The fourth-order valence-electron chi connectivity index (χ4n) is 3.91. The largest absolute Gasteiger partial charge is 0.355 e. The van der Waals surface area contributed by atoms with E-state index < -0.39 is 28.5 Å². The quantitative estimate of drug-likeness (QED) is 0.449. The Morgan fingerprint density at radius 2 is 1.58 bits per heavy atom. The summed E-state index contributed by atoms with van der Waals surface area (Å²) in [5.41, 5.74) is 3.11. The Balaban J connectivity index is 2.03. The molecule has 3 aromatic rings. The summed E-state index contributed by atoms with van der Waals surface area (Å²) in [5, 5.41) is 2.76. The Hall–Kier alpha value is -3.65. The van der Waals surface area contributed by atoms with Gasteiger partial charge >= 0.3 is 0 Å². The van der Waals surface area contributed by atoms with E-state index in [1.54, 1.807) is 43.3 Å². The van der Waals surface area contributed by atoms with Crippen LogP contribution in [-0.4, -0.2) is 44.3 Å². The van der Waals surface area contributed by atoms with E-state index in [0.717, 1.165) is 21.0 Å². The van der Waals surface area contributed by atoms with E-state index in [1.165, 1.54) is 17.0 Å². The zero-order chi connectivity index (χ0) is 26.3. The van der Waals surface area contributed by atoms with Crippen LogP contribution < -0.4 is 9.62 Å². The van der Waals surface area contributed by atoms with Crippen LogP contribution in [0.25, 0.3) is 0 Å². The van der Waals surface area contributed by atoms with Gasteiger partial charge in [-0.1, -0.05) is 54.6 Å². The zero-order valence-electron chi connectivity index (χ0n) is 21.1. The first kappa shape index (κ1) is 26.9. The summed E-state index contributed by atoms with van der Waals surface area (Å²) in [6, 6.07) is 21.9. The molecule has 0 spiro atoms. The molecule has 0 saturated heterocycles. The fraction of sp³-hybridized carbons (Fsp3) is 0.286. The number of carbonyl (C=O) groups is 2. The van der Waals surface area contributed by atoms with Crippen molar-refractivity contribution in [1.29, 1.82) is 0 Å². The summed E-state index contributed by atoms with van der Waals surface area (Å²) < 4.78 is 28.5. The van der Waals surface area contributed by atoms with Gasteiger partial charge in [-0.05, 0) is 68.7 Å². The predicted molar refractivity (Wildman–Crippen MR) is 142 cm³/mol. The molecule has 0 heterocycles. The second-order valence-corrected chi connectivity index (χ2v) is 10.5. The van der Waals surface area contributed by atoms with Gasteiger partial charge in [0.15, 0.2) is 0 Å². The Bertz CT molecular complexity index is 1310. The highest BCUT2D eigenvalue weighted by Crippen LogP contribution is 2.25. The van der Waals surface area contributed by atoms with Crippen molar-refractivity contribution in [3.05, 3.63) is 95.6 Å². The second kappa shape index (κ2) is 11.9. The molecule has 3 rings (SSSR count). The van der Waals surface area contributed by atoms with E-state index in [9.17, 15) is 18.0 Å². The van der Waals surface area contributed by atoms with Crippen molar-refractivity contribution in [3.8, 4) is 0 Å². The van der Waals surface area contributed by atoms with E-state index in [-0.39, 0.29) is 17.3 Å². The molecule has 0 radical (unpaired) electrons. The van der Waals surface area contributed by atoms with Gasteiger partial charge in [-0.3, -0.25) is 13.9 Å². The molecule has 0 fully saturated rings. The van der Waals surface area contributed by atoms with Crippen molar-refractivity contribution in [2.75, 3.05) is 17.4 Å². The van der Waals surface area contributed by atoms with Gasteiger partial charge in [0, 0.05) is 13.1 Å². The van der Waals surface area contributed by atoms with Crippen LogP contribution in [-0.2, 0) is 26.2 Å². The van der Waals surface area contributed by atoms with Crippen molar-refractivity contribution < 1.29 is 18.0 Å². The van der Waals surface area contributed by atoms with Crippen LogP contribution in [0.5, 0.6) is 0 Å². The molecule has 7 nitrogen and oxygen atoms in total. The maximum atomic E-state index is 13.8. The SMILES string of the molecule is CCNC(=O)[C@H](C)N(Cc1ccccc1C)C(=O)CN(c1cccc(C)c1)S(=O)(=O)c1ccccc1. The van der Waals surface area contributed by atoms with Crippen molar-refractivity contribution >= 4 is 27.5 Å². The molecule has 0 unspecified atom stereocenters. The topological polar surface area (TPSA) is 86.8 Å². The number of aryl methyl sites for hydroxylation is 2. The highest BCUT2D eigenvalue weighted by atomic mass is 32.2. The van der Waals surface area contributed by atoms with Crippen molar-refractivity contribution in [2.45, 2.75) is 45.2 Å². The molecular weight excluding hydrogens is 474 g/mol.